The molecule has 4 saturated carbocycles. The Balaban J connectivity index is 1.53. The summed E-state index contributed by atoms with van der Waals surface area (Å²) in [4.78, 5) is 11.8. The third-order valence-electron chi connectivity index (χ3n) is 8.67. The number of hydrogen-bond acceptors (Lipinski definition) is 4. The van der Waals surface area contributed by atoms with Crippen LogP contribution in [0.15, 0.2) is 11.6 Å². The number of rotatable bonds is 1. The van der Waals surface area contributed by atoms with Crippen LogP contribution >= 0.6 is 0 Å². The van der Waals surface area contributed by atoms with Gasteiger partial charge < -0.3 is 14.9 Å². The van der Waals surface area contributed by atoms with E-state index in [0.717, 1.165) is 51.4 Å². The number of aliphatic hydroxyl groups is 2. The molecule has 7 unspecified atom stereocenters. The zero-order chi connectivity index (χ0) is 16.7. The van der Waals surface area contributed by atoms with E-state index in [1.165, 1.54) is 5.57 Å². The topological polar surface area (TPSA) is 66.8 Å². The molecule has 4 nitrogen and oxygen atoms in total. The molecule has 1 aliphatic heterocycles. The molecule has 5 aliphatic rings. The summed E-state index contributed by atoms with van der Waals surface area (Å²) in [6, 6.07) is 0. The minimum absolute atomic E-state index is 0.0268. The van der Waals surface area contributed by atoms with E-state index in [0.29, 0.717) is 11.8 Å². The molecular weight excluding hydrogens is 304 g/mol. The minimum atomic E-state index is -0.860. The lowest BCUT2D eigenvalue weighted by molar-refractivity contribution is -0.143. The second-order valence-corrected chi connectivity index (χ2v) is 9.54. The zero-order valence-electron chi connectivity index (χ0n) is 14.5. The lowest BCUT2D eigenvalue weighted by Gasteiger charge is -2.60. The standard InChI is InChI=1S/C20H28O4/c1-18-6-5-15-13(8-17(22)24-15)14(18)4-7-19-9-12(2-3-16(18)19)20(23,10-19)11-21/h8,12,14-16,21,23H,2-7,9-11H2,1H3. The Morgan fingerprint density at radius 3 is 2.88 bits per heavy atom. The van der Waals surface area contributed by atoms with Crippen LogP contribution in [0.4, 0.5) is 0 Å². The fourth-order valence-electron chi connectivity index (χ4n) is 7.76. The number of ether oxygens (including phenoxy) is 1. The van der Waals surface area contributed by atoms with Gasteiger partial charge in [-0.3, -0.25) is 0 Å². The first-order chi connectivity index (χ1) is 11.4. The van der Waals surface area contributed by atoms with Crippen LogP contribution in [0.25, 0.3) is 0 Å². The van der Waals surface area contributed by atoms with Crippen molar-refractivity contribution in [1.29, 1.82) is 0 Å². The quantitative estimate of drug-likeness (QED) is 0.724. The molecule has 0 aromatic rings. The highest BCUT2D eigenvalue weighted by Crippen LogP contribution is 2.71. The van der Waals surface area contributed by atoms with Gasteiger partial charge in [0.1, 0.15) is 6.10 Å². The molecule has 0 aromatic carbocycles. The summed E-state index contributed by atoms with van der Waals surface area (Å²) in [6.07, 6.45) is 10.1. The highest BCUT2D eigenvalue weighted by atomic mass is 16.5. The smallest absolute Gasteiger partial charge is 0.331 e. The first-order valence-corrected chi connectivity index (χ1v) is 9.66. The van der Waals surface area contributed by atoms with Gasteiger partial charge in [-0.25, -0.2) is 4.79 Å². The average Bonchev–Trinajstić information content (AvgIpc) is 3.02. The first kappa shape index (κ1) is 15.4. The SMILES string of the molecule is CC12CCC3OC(=O)C=C3C1CCC13CC(CCC12)C(O)(CO)C3. The molecule has 4 heteroatoms. The molecule has 0 amide bonds. The normalized spacial score (nSPS) is 55.3. The van der Waals surface area contributed by atoms with Crippen molar-refractivity contribution in [2.45, 2.75) is 70.0 Å². The Kier molecular flexibility index (Phi) is 2.98. The molecule has 0 radical (unpaired) electrons. The van der Waals surface area contributed by atoms with E-state index < -0.39 is 5.60 Å². The second kappa shape index (κ2) is 4.64. The van der Waals surface area contributed by atoms with E-state index in [9.17, 15) is 15.0 Å². The van der Waals surface area contributed by atoms with Crippen LogP contribution in [0.2, 0.25) is 0 Å². The Bertz CT molecular complexity index is 627. The fraction of sp³-hybridized carbons (Fsp3) is 0.850. The van der Waals surface area contributed by atoms with Gasteiger partial charge in [-0.05, 0) is 85.5 Å². The van der Waals surface area contributed by atoms with Crippen molar-refractivity contribution < 1.29 is 19.7 Å². The maximum absolute atomic E-state index is 11.8. The van der Waals surface area contributed by atoms with Gasteiger partial charge in [-0.1, -0.05) is 6.92 Å². The third kappa shape index (κ3) is 1.74. The molecular formula is C20H28O4. The van der Waals surface area contributed by atoms with E-state index >= 15 is 0 Å². The van der Waals surface area contributed by atoms with Gasteiger partial charge in [0.25, 0.3) is 0 Å². The summed E-state index contributed by atoms with van der Waals surface area (Å²) in [5.74, 6) is 1.17. The van der Waals surface area contributed by atoms with Crippen molar-refractivity contribution in [1.82, 2.24) is 0 Å². The van der Waals surface area contributed by atoms with Crippen LogP contribution in [0.1, 0.15) is 58.3 Å². The number of carbonyl (C=O) groups is 1. The number of hydrogen-bond donors (Lipinski definition) is 2. The highest BCUT2D eigenvalue weighted by Gasteiger charge is 2.66. The molecule has 2 bridgehead atoms. The molecule has 132 valence electrons. The van der Waals surface area contributed by atoms with Crippen LogP contribution in [-0.2, 0) is 9.53 Å². The maximum Gasteiger partial charge on any atom is 0.331 e. The van der Waals surface area contributed by atoms with Gasteiger partial charge in [0.05, 0.1) is 12.2 Å². The predicted octanol–water partition coefficient (Wildman–Crippen LogP) is 2.58. The molecule has 7 atom stereocenters. The molecule has 1 heterocycles. The molecule has 4 fully saturated rings. The lowest BCUT2D eigenvalue weighted by Crippen LogP contribution is -2.53. The van der Waals surface area contributed by atoms with Crippen LogP contribution < -0.4 is 0 Å². The van der Waals surface area contributed by atoms with Crippen LogP contribution in [0, 0.1) is 28.6 Å². The molecule has 24 heavy (non-hydrogen) atoms. The van der Waals surface area contributed by atoms with Gasteiger partial charge in [0.15, 0.2) is 0 Å². The van der Waals surface area contributed by atoms with Gasteiger partial charge >= 0.3 is 5.97 Å². The van der Waals surface area contributed by atoms with Crippen LogP contribution in [0.3, 0.4) is 0 Å². The Labute approximate surface area is 143 Å². The number of aliphatic hydroxyl groups excluding tert-OH is 1. The zero-order valence-corrected chi connectivity index (χ0v) is 14.5. The van der Waals surface area contributed by atoms with Crippen molar-refractivity contribution in [2.75, 3.05) is 6.61 Å². The van der Waals surface area contributed by atoms with Crippen molar-refractivity contribution in [3.05, 3.63) is 11.6 Å². The van der Waals surface area contributed by atoms with E-state index in [-0.39, 0.29) is 35.4 Å². The summed E-state index contributed by atoms with van der Waals surface area (Å²) >= 11 is 0. The fourth-order valence-corrected chi connectivity index (χ4v) is 7.76. The monoisotopic (exact) mass is 332 g/mol. The molecule has 0 saturated heterocycles. The summed E-state index contributed by atoms with van der Waals surface area (Å²) in [6.45, 7) is 2.33. The number of carbonyl (C=O) groups excluding carboxylic acids is 1. The number of esters is 1. The van der Waals surface area contributed by atoms with Gasteiger partial charge in [-0.15, -0.1) is 0 Å². The number of fused-ring (bicyclic) bond motifs is 5. The van der Waals surface area contributed by atoms with E-state index in [1.54, 1.807) is 6.08 Å². The van der Waals surface area contributed by atoms with Crippen molar-refractivity contribution in [3.63, 3.8) is 0 Å². The van der Waals surface area contributed by atoms with E-state index in [1.807, 2.05) is 0 Å². The molecule has 5 rings (SSSR count). The van der Waals surface area contributed by atoms with Crippen molar-refractivity contribution >= 4 is 5.97 Å². The first-order valence-electron chi connectivity index (χ1n) is 9.66. The maximum atomic E-state index is 11.8. The van der Waals surface area contributed by atoms with Crippen LogP contribution in [-0.4, -0.2) is 34.5 Å². The lowest BCUT2D eigenvalue weighted by atomic mass is 9.44. The van der Waals surface area contributed by atoms with Gasteiger partial charge in [0.2, 0.25) is 0 Å². The summed E-state index contributed by atoms with van der Waals surface area (Å²) in [5.41, 5.74) is 0.796. The highest BCUT2D eigenvalue weighted by molar-refractivity contribution is 5.86. The van der Waals surface area contributed by atoms with Crippen molar-refractivity contribution in [2.24, 2.45) is 28.6 Å². The van der Waals surface area contributed by atoms with Crippen molar-refractivity contribution in [3.8, 4) is 0 Å². The molecule has 0 aromatic heterocycles. The molecule has 4 aliphatic carbocycles. The molecule has 1 spiro atoms. The predicted molar refractivity (Wildman–Crippen MR) is 87.9 cm³/mol. The Morgan fingerprint density at radius 2 is 2.08 bits per heavy atom. The second-order valence-electron chi connectivity index (χ2n) is 9.54. The molecule has 2 N–H and O–H groups in total. The van der Waals surface area contributed by atoms with Crippen LogP contribution in [0.5, 0.6) is 0 Å². The Hall–Kier alpha value is -0.870. The summed E-state index contributed by atoms with van der Waals surface area (Å²) in [5, 5.41) is 20.7. The summed E-state index contributed by atoms with van der Waals surface area (Å²) in [7, 11) is 0. The average molecular weight is 332 g/mol. The minimum Gasteiger partial charge on any atom is -0.455 e. The third-order valence-corrected chi connectivity index (χ3v) is 8.67. The van der Waals surface area contributed by atoms with E-state index in [2.05, 4.69) is 6.92 Å². The van der Waals surface area contributed by atoms with Gasteiger partial charge in [0, 0.05) is 6.08 Å². The summed E-state index contributed by atoms with van der Waals surface area (Å²) < 4.78 is 5.50. The van der Waals surface area contributed by atoms with Gasteiger partial charge in [-0.2, -0.15) is 0 Å². The Morgan fingerprint density at radius 1 is 1.25 bits per heavy atom. The largest absolute Gasteiger partial charge is 0.455 e. The van der Waals surface area contributed by atoms with E-state index in [4.69, 9.17) is 4.74 Å².